The van der Waals surface area contributed by atoms with E-state index in [2.05, 4.69) is 5.32 Å². The Kier molecular flexibility index (Phi) is 4.97. The number of amides is 1. The maximum absolute atomic E-state index is 11.2. The molecule has 5 nitrogen and oxygen atoms in total. The average molecular weight is 271 g/mol. The fraction of sp³-hybridized carbons (Fsp3) is 0.333. The van der Waals surface area contributed by atoms with Gasteiger partial charge in [-0.1, -0.05) is 11.6 Å². The summed E-state index contributed by atoms with van der Waals surface area (Å²) in [6, 6.07) is 3.42. The van der Waals surface area contributed by atoms with Crippen molar-refractivity contribution in [2.75, 3.05) is 13.2 Å². The number of aryl methyl sites for hydroxylation is 2. The van der Waals surface area contributed by atoms with E-state index < -0.39 is 18.4 Å². The van der Waals surface area contributed by atoms with Crippen LogP contribution in [-0.2, 0) is 9.59 Å². The van der Waals surface area contributed by atoms with Crippen molar-refractivity contribution in [3.8, 4) is 5.75 Å². The molecule has 1 N–H and O–H groups in total. The Morgan fingerprint density at radius 2 is 1.89 bits per heavy atom. The van der Waals surface area contributed by atoms with E-state index in [9.17, 15) is 14.7 Å². The lowest BCUT2D eigenvalue weighted by Crippen LogP contribution is -2.39. The van der Waals surface area contributed by atoms with Gasteiger partial charge in [-0.05, 0) is 37.1 Å². The summed E-state index contributed by atoms with van der Waals surface area (Å²) < 4.78 is 5.23. The first-order chi connectivity index (χ1) is 8.40. The third-order valence-corrected chi connectivity index (χ3v) is 2.81. The normalized spacial score (nSPS) is 9.94. The second kappa shape index (κ2) is 6.26. The molecule has 1 amide bonds. The summed E-state index contributed by atoms with van der Waals surface area (Å²) in [6.07, 6.45) is 0. The Bertz CT molecular complexity index is 450. The lowest BCUT2D eigenvalue weighted by molar-refractivity contribution is -0.304. The van der Waals surface area contributed by atoms with E-state index in [1.807, 2.05) is 13.8 Å². The highest BCUT2D eigenvalue weighted by atomic mass is 35.5. The van der Waals surface area contributed by atoms with E-state index in [0.717, 1.165) is 11.1 Å². The monoisotopic (exact) mass is 270 g/mol. The molecule has 0 aromatic heterocycles. The number of ether oxygens (including phenoxy) is 1. The van der Waals surface area contributed by atoms with Crippen LogP contribution in [0.3, 0.4) is 0 Å². The van der Waals surface area contributed by atoms with Gasteiger partial charge in [0.25, 0.3) is 5.91 Å². The van der Waals surface area contributed by atoms with Gasteiger partial charge in [-0.2, -0.15) is 0 Å². The molecule has 0 saturated heterocycles. The van der Waals surface area contributed by atoms with Crippen molar-refractivity contribution in [2.24, 2.45) is 0 Å². The van der Waals surface area contributed by atoms with Crippen LogP contribution in [0.1, 0.15) is 11.1 Å². The zero-order valence-corrected chi connectivity index (χ0v) is 10.8. The van der Waals surface area contributed by atoms with Gasteiger partial charge >= 0.3 is 0 Å². The highest BCUT2D eigenvalue weighted by Gasteiger charge is 2.06. The van der Waals surface area contributed by atoms with Crippen molar-refractivity contribution in [3.05, 3.63) is 28.3 Å². The molecule has 0 fully saturated rings. The number of hydrogen-bond acceptors (Lipinski definition) is 4. The molecular formula is C12H13ClNO4-. The standard InChI is InChI=1S/C12H14ClNO4/c1-7-3-9(4-8(2)12(7)13)18-6-10(15)14-5-11(16)17/h3-4H,5-6H2,1-2H3,(H,14,15)(H,16,17)/p-1. The van der Waals surface area contributed by atoms with Gasteiger partial charge in [-0.15, -0.1) is 0 Å². The molecule has 6 heteroatoms. The average Bonchev–Trinajstić information content (AvgIpc) is 2.30. The van der Waals surface area contributed by atoms with Crippen molar-refractivity contribution >= 4 is 23.5 Å². The van der Waals surface area contributed by atoms with Crippen molar-refractivity contribution in [2.45, 2.75) is 13.8 Å². The van der Waals surface area contributed by atoms with Gasteiger partial charge < -0.3 is 20.0 Å². The van der Waals surface area contributed by atoms with Crippen molar-refractivity contribution in [1.29, 1.82) is 0 Å². The molecule has 1 rings (SSSR count). The molecular weight excluding hydrogens is 258 g/mol. The molecule has 0 aliphatic carbocycles. The topological polar surface area (TPSA) is 78.5 Å². The lowest BCUT2D eigenvalue weighted by Gasteiger charge is -2.10. The minimum Gasteiger partial charge on any atom is -0.548 e. The Labute approximate surface area is 110 Å². The summed E-state index contributed by atoms with van der Waals surface area (Å²) in [7, 11) is 0. The maximum atomic E-state index is 11.2. The molecule has 0 heterocycles. The number of aliphatic carboxylic acids is 1. The van der Waals surface area contributed by atoms with Crippen LogP contribution < -0.4 is 15.2 Å². The van der Waals surface area contributed by atoms with Crippen LogP contribution >= 0.6 is 11.6 Å². The summed E-state index contributed by atoms with van der Waals surface area (Å²) >= 11 is 5.99. The molecule has 0 atom stereocenters. The van der Waals surface area contributed by atoms with E-state index >= 15 is 0 Å². The number of carboxylic acids is 1. The predicted octanol–water partition coefficient (Wildman–Crippen LogP) is 0.202. The Morgan fingerprint density at radius 3 is 2.39 bits per heavy atom. The van der Waals surface area contributed by atoms with E-state index in [1.165, 1.54) is 0 Å². The van der Waals surface area contributed by atoms with Gasteiger partial charge in [0.15, 0.2) is 6.61 Å². The summed E-state index contributed by atoms with van der Waals surface area (Å²) in [5, 5.41) is 12.9. The van der Waals surface area contributed by atoms with Crippen LogP contribution in [-0.4, -0.2) is 25.0 Å². The minimum atomic E-state index is -1.35. The van der Waals surface area contributed by atoms with Crippen LogP contribution in [0, 0.1) is 13.8 Å². The van der Waals surface area contributed by atoms with E-state index in [0.29, 0.717) is 10.8 Å². The van der Waals surface area contributed by atoms with Crippen LogP contribution in [0.2, 0.25) is 5.02 Å². The Morgan fingerprint density at radius 1 is 1.33 bits per heavy atom. The van der Waals surface area contributed by atoms with Gasteiger partial charge in [0, 0.05) is 5.02 Å². The molecule has 0 saturated carbocycles. The van der Waals surface area contributed by atoms with E-state index in [4.69, 9.17) is 16.3 Å². The van der Waals surface area contributed by atoms with Crippen molar-refractivity contribution in [1.82, 2.24) is 5.32 Å². The van der Waals surface area contributed by atoms with Gasteiger partial charge in [0.2, 0.25) is 0 Å². The molecule has 1 aromatic rings. The number of rotatable bonds is 5. The second-order valence-corrected chi connectivity index (χ2v) is 4.19. The molecule has 0 radical (unpaired) electrons. The first kappa shape index (κ1) is 14.3. The Balaban J connectivity index is 2.53. The van der Waals surface area contributed by atoms with Gasteiger partial charge in [0.05, 0.1) is 12.5 Å². The third kappa shape index (κ3) is 4.25. The number of halogens is 1. The van der Waals surface area contributed by atoms with Crippen molar-refractivity contribution < 1.29 is 19.4 Å². The summed E-state index contributed by atoms with van der Waals surface area (Å²) in [4.78, 5) is 21.3. The molecule has 1 aromatic carbocycles. The van der Waals surface area contributed by atoms with Gasteiger partial charge in [-0.3, -0.25) is 4.79 Å². The predicted molar refractivity (Wildman–Crippen MR) is 64.4 cm³/mol. The minimum absolute atomic E-state index is 0.256. The van der Waals surface area contributed by atoms with Gasteiger partial charge in [-0.25, -0.2) is 0 Å². The zero-order valence-electron chi connectivity index (χ0n) is 10.1. The molecule has 0 aliphatic heterocycles. The molecule has 98 valence electrons. The summed E-state index contributed by atoms with van der Waals surface area (Å²) in [5.41, 5.74) is 1.70. The fourth-order valence-corrected chi connectivity index (χ4v) is 1.47. The molecule has 0 unspecified atom stereocenters. The zero-order chi connectivity index (χ0) is 13.7. The van der Waals surface area contributed by atoms with E-state index in [1.54, 1.807) is 12.1 Å². The lowest BCUT2D eigenvalue weighted by atomic mass is 10.1. The van der Waals surface area contributed by atoms with E-state index in [-0.39, 0.29) is 6.61 Å². The number of carboxylic acid groups (broad SMARTS) is 1. The van der Waals surface area contributed by atoms with Crippen LogP contribution in [0.25, 0.3) is 0 Å². The SMILES string of the molecule is Cc1cc(OCC(=O)NCC(=O)[O-])cc(C)c1Cl. The number of carbonyl (C=O) groups excluding carboxylic acids is 2. The van der Waals surface area contributed by atoms with Crippen LogP contribution in [0.5, 0.6) is 5.75 Å². The first-order valence-corrected chi connectivity index (χ1v) is 5.64. The summed E-state index contributed by atoms with van der Waals surface area (Å²) in [5.74, 6) is -1.36. The highest BCUT2D eigenvalue weighted by Crippen LogP contribution is 2.25. The number of hydrogen-bond donors (Lipinski definition) is 1. The highest BCUT2D eigenvalue weighted by molar-refractivity contribution is 6.32. The maximum Gasteiger partial charge on any atom is 0.258 e. The second-order valence-electron chi connectivity index (χ2n) is 3.81. The number of carbonyl (C=O) groups is 2. The smallest absolute Gasteiger partial charge is 0.258 e. The van der Waals surface area contributed by atoms with Crippen LogP contribution in [0.4, 0.5) is 0 Å². The molecule has 0 spiro atoms. The van der Waals surface area contributed by atoms with Crippen LogP contribution in [0.15, 0.2) is 12.1 Å². The third-order valence-electron chi connectivity index (χ3n) is 2.21. The first-order valence-electron chi connectivity index (χ1n) is 5.26. The quantitative estimate of drug-likeness (QED) is 0.829. The Hall–Kier alpha value is -1.75. The largest absolute Gasteiger partial charge is 0.548 e. The molecule has 0 aliphatic rings. The van der Waals surface area contributed by atoms with Crippen molar-refractivity contribution in [3.63, 3.8) is 0 Å². The van der Waals surface area contributed by atoms with Gasteiger partial charge in [0.1, 0.15) is 5.75 Å². The number of nitrogens with one attached hydrogen (secondary N) is 1. The molecule has 18 heavy (non-hydrogen) atoms. The summed E-state index contributed by atoms with van der Waals surface area (Å²) in [6.45, 7) is 2.88. The molecule has 0 bridgehead atoms. The fourth-order valence-electron chi connectivity index (χ4n) is 1.36. The number of benzene rings is 1.